The Morgan fingerprint density at radius 2 is 2.30 bits per heavy atom. The maximum atomic E-state index is 12.1. The normalized spacial score (nSPS) is 20.3. The quantitative estimate of drug-likeness (QED) is 0.518. The molecule has 1 aliphatic heterocycles. The fourth-order valence-corrected chi connectivity index (χ4v) is 2.67. The van der Waals surface area contributed by atoms with E-state index in [1.165, 1.54) is 6.42 Å². The first-order valence-electron chi connectivity index (χ1n) is 8.05. The van der Waals surface area contributed by atoms with Crippen molar-refractivity contribution in [2.75, 3.05) is 32.8 Å². The van der Waals surface area contributed by atoms with Crippen LogP contribution in [0.1, 0.15) is 46.0 Å². The molecule has 1 rings (SSSR count). The predicted molar refractivity (Wildman–Crippen MR) is 81.7 cm³/mol. The number of aliphatic hydroxyl groups is 1. The molecule has 2 atom stereocenters. The molecule has 0 aromatic rings. The molecule has 5 nitrogen and oxygen atoms in total. The molecule has 3 N–H and O–H groups in total. The van der Waals surface area contributed by atoms with E-state index in [2.05, 4.69) is 22.5 Å². The number of unbranched alkanes of at least 4 members (excludes halogenated alkanes) is 2. The third kappa shape index (κ3) is 6.20. The highest BCUT2D eigenvalue weighted by molar-refractivity contribution is 5.81. The molecule has 0 saturated carbocycles. The Morgan fingerprint density at radius 1 is 1.50 bits per heavy atom. The van der Waals surface area contributed by atoms with Crippen molar-refractivity contribution in [3.63, 3.8) is 0 Å². The zero-order valence-electron chi connectivity index (χ0n) is 13.0. The van der Waals surface area contributed by atoms with Gasteiger partial charge in [0.15, 0.2) is 0 Å². The molecular weight excluding hydrogens is 254 g/mol. The number of rotatable bonds is 10. The second-order valence-electron chi connectivity index (χ2n) is 5.69. The standard InChI is InChI=1S/C15H31N3O2/c1-3-4-5-8-17-15(20)13(2)18(10-11-19)12-14-7-6-9-16-14/h13-14,16,19H,3-12H2,1-2H3,(H,17,20). The molecule has 2 unspecified atom stereocenters. The molecule has 1 fully saturated rings. The van der Waals surface area contributed by atoms with Gasteiger partial charge in [0, 0.05) is 25.7 Å². The fraction of sp³-hybridized carbons (Fsp3) is 0.933. The van der Waals surface area contributed by atoms with Crippen molar-refractivity contribution in [2.24, 2.45) is 0 Å². The van der Waals surface area contributed by atoms with Crippen molar-refractivity contribution in [2.45, 2.75) is 58.0 Å². The van der Waals surface area contributed by atoms with Gasteiger partial charge in [-0.05, 0) is 32.7 Å². The number of nitrogens with one attached hydrogen (secondary N) is 2. The summed E-state index contributed by atoms with van der Waals surface area (Å²) in [5, 5.41) is 15.6. The molecule has 0 radical (unpaired) electrons. The Morgan fingerprint density at radius 3 is 2.90 bits per heavy atom. The first kappa shape index (κ1) is 17.4. The summed E-state index contributed by atoms with van der Waals surface area (Å²) in [6.45, 7) is 7.40. The Hall–Kier alpha value is -0.650. The fourth-order valence-electron chi connectivity index (χ4n) is 2.67. The zero-order chi connectivity index (χ0) is 14.8. The second-order valence-corrected chi connectivity index (χ2v) is 5.69. The number of aliphatic hydroxyl groups excluding tert-OH is 1. The van der Waals surface area contributed by atoms with Crippen molar-refractivity contribution < 1.29 is 9.90 Å². The molecule has 1 heterocycles. The summed E-state index contributed by atoms with van der Waals surface area (Å²) in [4.78, 5) is 14.2. The van der Waals surface area contributed by atoms with Gasteiger partial charge in [-0.2, -0.15) is 0 Å². The number of carbonyl (C=O) groups is 1. The van der Waals surface area contributed by atoms with Crippen LogP contribution >= 0.6 is 0 Å². The third-order valence-corrected chi connectivity index (χ3v) is 4.01. The van der Waals surface area contributed by atoms with Crippen molar-refractivity contribution in [1.29, 1.82) is 0 Å². The van der Waals surface area contributed by atoms with E-state index in [0.29, 0.717) is 12.6 Å². The lowest BCUT2D eigenvalue weighted by molar-refractivity contribution is -0.126. The topological polar surface area (TPSA) is 64.6 Å². The SMILES string of the molecule is CCCCCNC(=O)C(C)N(CCO)CC1CCCN1. The van der Waals surface area contributed by atoms with E-state index in [1.54, 1.807) is 0 Å². The lowest BCUT2D eigenvalue weighted by atomic mass is 10.1. The lowest BCUT2D eigenvalue weighted by Crippen LogP contribution is -2.50. The highest BCUT2D eigenvalue weighted by Gasteiger charge is 2.24. The minimum absolute atomic E-state index is 0.0764. The number of carbonyl (C=O) groups excluding carboxylic acids is 1. The van der Waals surface area contributed by atoms with E-state index in [4.69, 9.17) is 0 Å². The maximum Gasteiger partial charge on any atom is 0.237 e. The van der Waals surface area contributed by atoms with Crippen molar-refractivity contribution in [1.82, 2.24) is 15.5 Å². The summed E-state index contributed by atoms with van der Waals surface area (Å²) < 4.78 is 0. The predicted octanol–water partition coefficient (Wildman–Crippen LogP) is 0.728. The second kappa shape index (κ2) is 10.1. The Labute approximate surface area is 123 Å². The smallest absolute Gasteiger partial charge is 0.237 e. The highest BCUT2D eigenvalue weighted by atomic mass is 16.3. The summed E-state index contributed by atoms with van der Waals surface area (Å²) in [5.41, 5.74) is 0. The average Bonchev–Trinajstić information content (AvgIpc) is 2.95. The van der Waals surface area contributed by atoms with Gasteiger partial charge in [0.05, 0.1) is 12.6 Å². The molecule has 1 saturated heterocycles. The summed E-state index contributed by atoms with van der Waals surface area (Å²) in [6, 6.07) is 0.281. The van der Waals surface area contributed by atoms with Crippen LogP contribution in [-0.2, 0) is 4.79 Å². The Balaban J connectivity index is 2.36. The van der Waals surface area contributed by atoms with Crippen LogP contribution in [0.3, 0.4) is 0 Å². The van der Waals surface area contributed by atoms with Crippen LogP contribution in [0, 0.1) is 0 Å². The van der Waals surface area contributed by atoms with Crippen molar-refractivity contribution >= 4 is 5.91 Å². The highest BCUT2D eigenvalue weighted by Crippen LogP contribution is 2.09. The van der Waals surface area contributed by atoms with E-state index in [0.717, 1.165) is 45.3 Å². The summed E-state index contributed by atoms with van der Waals surface area (Å²) in [7, 11) is 0. The van der Waals surface area contributed by atoms with Gasteiger partial charge in [0.25, 0.3) is 0 Å². The molecule has 20 heavy (non-hydrogen) atoms. The molecule has 5 heteroatoms. The van der Waals surface area contributed by atoms with Crippen LogP contribution in [0.25, 0.3) is 0 Å². The molecule has 0 spiro atoms. The number of nitrogens with zero attached hydrogens (tertiary/aromatic N) is 1. The molecule has 0 aromatic heterocycles. The van der Waals surface area contributed by atoms with Crippen LogP contribution in [0.5, 0.6) is 0 Å². The first-order valence-corrected chi connectivity index (χ1v) is 8.05. The van der Waals surface area contributed by atoms with Gasteiger partial charge in [-0.3, -0.25) is 9.69 Å². The van der Waals surface area contributed by atoms with Crippen LogP contribution in [0.15, 0.2) is 0 Å². The zero-order valence-corrected chi connectivity index (χ0v) is 13.0. The summed E-state index contributed by atoms with van der Waals surface area (Å²) in [6.07, 6.45) is 5.72. The Kier molecular flexibility index (Phi) is 8.82. The molecule has 0 aliphatic carbocycles. The van der Waals surface area contributed by atoms with Crippen LogP contribution in [0.2, 0.25) is 0 Å². The lowest BCUT2D eigenvalue weighted by Gasteiger charge is -2.30. The number of hydrogen-bond donors (Lipinski definition) is 3. The molecule has 0 aromatic carbocycles. The van der Waals surface area contributed by atoms with E-state index < -0.39 is 0 Å². The molecular formula is C15H31N3O2. The minimum atomic E-state index is -0.175. The van der Waals surface area contributed by atoms with Gasteiger partial charge in [-0.25, -0.2) is 0 Å². The van der Waals surface area contributed by atoms with Crippen LogP contribution < -0.4 is 10.6 Å². The summed E-state index contributed by atoms with van der Waals surface area (Å²) >= 11 is 0. The molecule has 1 amide bonds. The van der Waals surface area contributed by atoms with Crippen LogP contribution in [-0.4, -0.2) is 60.8 Å². The third-order valence-electron chi connectivity index (χ3n) is 4.01. The van der Waals surface area contributed by atoms with Crippen LogP contribution in [0.4, 0.5) is 0 Å². The minimum Gasteiger partial charge on any atom is -0.395 e. The van der Waals surface area contributed by atoms with Gasteiger partial charge in [-0.15, -0.1) is 0 Å². The van der Waals surface area contributed by atoms with Crippen molar-refractivity contribution in [3.05, 3.63) is 0 Å². The van der Waals surface area contributed by atoms with E-state index in [-0.39, 0.29) is 18.6 Å². The van der Waals surface area contributed by atoms with E-state index in [1.807, 2.05) is 6.92 Å². The molecule has 118 valence electrons. The van der Waals surface area contributed by atoms with Crippen molar-refractivity contribution in [3.8, 4) is 0 Å². The summed E-state index contributed by atoms with van der Waals surface area (Å²) in [5.74, 6) is 0.0764. The Bertz CT molecular complexity index is 268. The van der Waals surface area contributed by atoms with E-state index in [9.17, 15) is 9.90 Å². The first-order chi connectivity index (χ1) is 9.69. The van der Waals surface area contributed by atoms with Gasteiger partial charge in [0.2, 0.25) is 5.91 Å². The van der Waals surface area contributed by atoms with Gasteiger partial charge in [-0.1, -0.05) is 19.8 Å². The molecule has 1 aliphatic rings. The average molecular weight is 285 g/mol. The molecule has 0 bridgehead atoms. The maximum absolute atomic E-state index is 12.1. The largest absolute Gasteiger partial charge is 0.395 e. The van der Waals surface area contributed by atoms with Gasteiger partial charge >= 0.3 is 0 Å². The van der Waals surface area contributed by atoms with Gasteiger partial charge < -0.3 is 15.7 Å². The number of hydrogen-bond acceptors (Lipinski definition) is 4. The van der Waals surface area contributed by atoms with Gasteiger partial charge in [0.1, 0.15) is 0 Å². The monoisotopic (exact) mass is 285 g/mol. The number of amides is 1. The van der Waals surface area contributed by atoms with E-state index >= 15 is 0 Å².